The summed E-state index contributed by atoms with van der Waals surface area (Å²) in [6.45, 7) is 7.34. The number of fused-ring (bicyclic) bond motifs is 2. The number of carbonyl (C=O) groups is 3. The standard InChI is InChI=1S/C57H92N4O19/c1-35-18-16-14-12-10-8-6-7-9-11-13-15-17-19-43(79-56-54(74)51(53(73)38(4)78-56)59-48(70)32-58-5)29-47-50(55(75)61-24-22-60(23-25-61)33-42(66)34-62)46(69)31-57(76,80-47)30-41(65)27-45(68)44(67)21-20-39(63)26-40(64)28-49(71)77-37(3)36(2)52(35)72/h6-19,35-47,50-54,56,58,62-69,72-74,76H,20-34H2,1-5H3,(H,59,70)/b7-6+,10-8+,11-9+,14-12+,15-13+,18-16+,19-17+/t35-,36-,37-,38+,39+,40+,41-,42?,43-,44+,45+,46-,47-,50+,51-,52+,53+,54-,56-,57+/m0/s1. The highest BCUT2D eigenvalue weighted by Crippen LogP contribution is 2.39. The number of likely N-dealkylation sites (N-methyl/N-ethyl adjacent to an activating group) is 1. The molecule has 0 aromatic heterocycles. The highest BCUT2D eigenvalue weighted by Gasteiger charge is 2.52. The summed E-state index contributed by atoms with van der Waals surface area (Å²) in [5.41, 5.74) is 0. The predicted molar refractivity (Wildman–Crippen MR) is 293 cm³/mol. The van der Waals surface area contributed by atoms with E-state index in [2.05, 4.69) is 10.6 Å². The quantitative estimate of drug-likeness (QED) is 0.117. The van der Waals surface area contributed by atoms with Gasteiger partial charge in [0.25, 0.3) is 0 Å². The average Bonchev–Trinajstić information content (AvgIpc) is 3.55. The van der Waals surface area contributed by atoms with Crippen LogP contribution in [0.4, 0.5) is 0 Å². The molecule has 2 amide bonds. The molecule has 0 spiro atoms. The second-order valence-electron chi connectivity index (χ2n) is 21.7. The van der Waals surface area contributed by atoms with Gasteiger partial charge in [0.1, 0.15) is 18.3 Å². The van der Waals surface area contributed by atoms with Crippen molar-refractivity contribution in [1.29, 1.82) is 0 Å². The van der Waals surface area contributed by atoms with Crippen LogP contribution >= 0.6 is 0 Å². The number of nitrogens with zero attached hydrogens (tertiary/aromatic N) is 2. The number of carbonyl (C=O) groups excluding carboxylic acids is 3. The number of hydrogen-bond acceptors (Lipinski definition) is 21. The number of cyclic esters (lactones) is 1. The molecule has 0 aromatic rings. The van der Waals surface area contributed by atoms with Crippen LogP contribution in [0.2, 0.25) is 0 Å². The first kappa shape index (κ1) is 68.4. The summed E-state index contributed by atoms with van der Waals surface area (Å²) >= 11 is 0. The summed E-state index contributed by atoms with van der Waals surface area (Å²) in [4.78, 5) is 43.4. The van der Waals surface area contributed by atoms with Crippen LogP contribution in [0.1, 0.15) is 79.1 Å². The molecular weight excluding hydrogens is 1040 g/mol. The first-order chi connectivity index (χ1) is 37.9. The van der Waals surface area contributed by atoms with E-state index in [4.69, 9.17) is 18.9 Å². The lowest BCUT2D eigenvalue weighted by Gasteiger charge is -2.47. The minimum Gasteiger partial charge on any atom is -0.462 e. The van der Waals surface area contributed by atoms with Gasteiger partial charge in [0.15, 0.2) is 12.1 Å². The molecule has 0 saturated carbocycles. The lowest BCUT2D eigenvalue weighted by molar-refractivity contribution is -0.308. The number of piperazine rings is 1. The molecule has 0 aliphatic carbocycles. The molecular formula is C57H92N4O19. The summed E-state index contributed by atoms with van der Waals surface area (Å²) in [6.07, 6.45) is 2.09. The molecule has 20 atom stereocenters. The van der Waals surface area contributed by atoms with Gasteiger partial charge in [-0.15, -0.1) is 0 Å². The van der Waals surface area contributed by atoms with Crippen molar-refractivity contribution in [2.24, 2.45) is 17.8 Å². The van der Waals surface area contributed by atoms with E-state index in [0.717, 1.165) is 0 Å². The molecule has 4 rings (SSSR count). The van der Waals surface area contributed by atoms with Gasteiger partial charge in [0, 0.05) is 70.2 Å². The second kappa shape index (κ2) is 34.5. The summed E-state index contributed by atoms with van der Waals surface area (Å²) in [5.74, 6) is -6.27. The molecule has 0 radical (unpaired) electrons. The van der Waals surface area contributed by atoms with Crippen molar-refractivity contribution < 1.29 is 94.6 Å². The third-order valence-electron chi connectivity index (χ3n) is 15.0. The van der Waals surface area contributed by atoms with E-state index in [9.17, 15) is 75.7 Å². The molecule has 3 saturated heterocycles. The number of nitrogens with one attached hydrogen (secondary N) is 2. The minimum atomic E-state index is -2.35. The van der Waals surface area contributed by atoms with Crippen LogP contribution in [-0.4, -0.2) is 245 Å². The molecule has 23 heteroatoms. The Bertz CT molecular complexity index is 2080. The van der Waals surface area contributed by atoms with Gasteiger partial charge in [-0.3, -0.25) is 19.3 Å². The Kier molecular flexibility index (Phi) is 29.5. The van der Waals surface area contributed by atoms with Crippen molar-refractivity contribution in [3.05, 3.63) is 85.1 Å². The zero-order valence-corrected chi connectivity index (χ0v) is 46.8. The van der Waals surface area contributed by atoms with Crippen molar-refractivity contribution in [3.63, 3.8) is 0 Å². The van der Waals surface area contributed by atoms with E-state index in [1.807, 2.05) is 30.1 Å². The number of ether oxygens (including phenoxy) is 4. The maximum Gasteiger partial charge on any atom is 0.308 e. The number of allylic oxidation sites excluding steroid dienone is 12. The fraction of sp³-hybridized carbons (Fsp3) is 0.702. The number of amides is 2. The Morgan fingerprint density at radius 1 is 0.713 bits per heavy atom. The van der Waals surface area contributed by atoms with E-state index in [1.165, 1.54) is 11.8 Å². The fourth-order valence-electron chi connectivity index (χ4n) is 10.2. The Morgan fingerprint density at radius 2 is 1.31 bits per heavy atom. The van der Waals surface area contributed by atoms with E-state index in [1.54, 1.807) is 87.7 Å². The molecule has 4 heterocycles. The number of aliphatic hydroxyl groups excluding tert-OH is 11. The third kappa shape index (κ3) is 22.6. The van der Waals surface area contributed by atoms with E-state index in [0.29, 0.717) is 13.1 Å². The van der Waals surface area contributed by atoms with Gasteiger partial charge in [-0.05, 0) is 40.2 Å². The van der Waals surface area contributed by atoms with Gasteiger partial charge in [0.05, 0.1) is 98.7 Å². The number of rotatable bonds is 9. The first-order valence-corrected chi connectivity index (χ1v) is 27.9. The Balaban J connectivity index is 1.67. The minimum absolute atomic E-state index is 0.123. The molecule has 23 nitrogen and oxygen atoms in total. The number of aliphatic hydroxyl groups is 12. The fourth-order valence-corrected chi connectivity index (χ4v) is 10.2. The average molecular weight is 1140 g/mol. The predicted octanol–water partition coefficient (Wildman–Crippen LogP) is -1.50. The maximum atomic E-state index is 14.6. The zero-order chi connectivity index (χ0) is 59.1. The van der Waals surface area contributed by atoms with Crippen molar-refractivity contribution in [2.75, 3.05) is 52.9 Å². The van der Waals surface area contributed by atoms with Gasteiger partial charge in [-0.1, -0.05) is 98.9 Å². The van der Waals surface area contributed by atoms with Crippen LogP contribution in [0, 0.1) is 17.8 Å². The topological polar surface area (TPSA) is 361 Å². The van der Waals surface area contributed by atoms with Gasteiger partial charge in [-0.25, -0.2) is 0 Å². The monoisotopic (exact) mass is 1140 g/mol. The number of esters is 1. The lowest BCUT2D eigenvalue weighted by atomic mass is 9.81. The van der Waals surface area contributed by atoms with Crippen LogP contribution in [0.3, 0.4) is 0 Å². The van der Waals surface area contributed by atoms with Gasteiger partial charge >= 0.3 is 5.97 Å². The summed E-state index contributed by atoms with van der Waals surface area (Å²) in [6, 6.07) is -1.24. The van der Waals surface area contributed by atoms with Crippen molar-refractivity contribution in [1.82, 2.24) is 20.4 Å². The SMILES string of the molecule is CNCC(=O)N[C@@H]1[C@H](O)[C@H](O[C@H]2/C=C/C=C/C=C/C=C/C=C/C=C/C=C/[C@H](C)[C@@H](O)[C@@H](C)[C@H](C)OC(=O)C[C@H](O)C[C@H](O)CC[C@@H](O)[C@H](O)C[C@H](O)C[C@]3(O)C[C@H](O)[C@@H](C(=O)N4CCN(CC(O)CO)CC4)[C@H](C2)O3)O[C@H](C)[C@H]1O. The maximum absolute atomic E-state index is 14.6. The largest absolute Gasteiger partial charge is 0.462 e. The molecule has 80 heavy (non-hydrogen) atoms. The molecule has 1 unspecified atom stereocenters. The summed E-state index contributed by atoms with van der Waals surface area (Å²) in [7, 11) is 1.55. The first-order valence-electron chi connectivity index (χ1n) is 27.9. The molecule has 2 bridgehead atoms. The molecule has 14 N–H and O–H groups in total. The zero-order valence-electron chi connectivity index (χ0n) is 46.8. The molecule has 0 aromatic carbocycles. The third-order valence-corrected chi connectivity index (χ3v) is 15.0. The van der Waals surface area contributed by atoms with Crippen LogP contribution in [0.5, 0.6) is 0 Å². The Hall–Kier alpha value is -4.09. The van der Waals surface area contributed by atoms with E-state index >= 15 is 0 Å². The van der Waals surface area contributed by atoms with Crippen LogP contribution in [0.25, 0.3) is 0 Å². The van der Waals surface area contributed by atoms with Gasteiger partial charge < -0.3 is 95.8 Å². The molecule has 3 fully saturated rings. The Morgan fingerprint density at radius 3 is 1.91 bits per heavy atom. The van der Waals surface area contributed by atoms with Gasteiger partial charge in [-0.2, -0.15) is 0 Å². The summed E-state index contributed by atoms with van der Waals surface area (Å²) in [5, 5.41) is 137. The van der Waals surface area contributed by atoms with Crippen LogP contribution in [0.15, 0.2) is 85.1 Å². The summed E-state index contributed by atoms with van der Waals surface area (Å²) < 4.78 is 24.2. The van der Waals surface area contributed by atoms with Crippen LogP contribution < -0.4 is 10.6 Å². The smallest absolute Gasteiger partial charge is 0.308 e. The van der Waals surface area contributed by atoms with Crippen molar-refractivity contribution >= 4 is 17.8 Å². The molecule has 4 aliphatic heterocycles. The normalized spacial score (nSPS) is 41.0. The number of β-amino-alcohol motifs (C(OH)–C–C–N with tert-alkyl or cyclic N) is 1. The molecule has 454 valence electrons. The van der Waals surface area contributed by atoms with Crippen molar-refractivity contribution in [2.45, 2.75) is 183 Å². The number of hydrogen-bond donors (Lipinski definition) is 14. The van der Waals surface area contributed by atoms with Crippen LogP contribution in [-0.2, 0) is 33.3 Å². The lowest BCUT2D eigenvalue weighted by Crippen LogP contribution is -2.64. The highest BCUT2D eigenvalue weighted by atomic mass is 16.7. The van der Waals surface area contributed by atoms with E-state index < -0.39 is 165 Å². The van der Waals surface area contributed by atoms with Gasteiger partial charge in [0.2, 0.25) is 11.8 Å². The molecule has 4 aliphatic rings. The second-order valence-corrected chi connectivity index (χ2v) is 21.7. The highest BCUT2D eigenvalue weighted by molar-refractivity contribution is 5.80. The van der Waals surface area contributed by atoms with E-state index in [-0.39, 0.29) is 57.8 Å². The van der Waals surface area contributed by atoms with Crippen molar-refractivity contribution in [3.8, 4) is 0 Å². The Labute approximate surface area is 469 Å².